The molecule has 1 amide bonds. The molecular weight excluding hydrogens is 250 g/mol. The van der Waals surface area contributed by atoms with E-state index in [1.165, 1.54) is 25.9 Å². The zero-order chi connectivity index (χ0) is 14.4. The Morgan fingerprint density at radius 1 is 1.30 bits per heavy atom. The fourth-order valence-corrected chi connectivity index (χ4v) is 2.63. The second-order valence-electron chi connectivity index (χ2n) is 5.69. The van der Waals surface area contributed by atoms with Crippen LogP contribution < -0.4 is 11.1 Å². The maximum atomic E-state index is 12.0. The van der Waals surface area contributed by atoms with E-state index in [4.69, 9.17) is 5.73 Å². The van der Waals surface area contributed by atoms with E-state index < -0.39 is 0 Å². The second kappa shape index (κ2) is 7.41. The van der Waals surface area contributed by atoms with Crippen LogP contribution in [0.25, 0.3) is 0 Å². The highest BCUT2D eigenvalue weighted by Crippen LogP contribution is 2.18. The van der Waals surface area contributed by atoms with E-state index in [0.717, 1.165) is 24.4 Å². The molecule has 4 nitrogen and oxygen atoms in total. The summed E-state index contributed by atoms with van der Waals surface area (Å²) in [6.07, 6.45) is 3.58. The second-order valence-corrected chi connectivity index (χ2v) is 5.69. The van der Waals surface area contributed by atoms with Crippen LogP contribution in [0.3, 0.4) is 0 Å². The SMILES string of the molecule is CN1CCC(CCNC(=O)c2ccc(CN)cc2)CC1. The van der Waals surface area contributed by atoms with Crippen molar-refractivity contribution in [1.82, 2.24) is 10.2 Å². The van der Waals surface area contributed by atoms with Crippen LogP contribution in [-0.2, 0) is 6.54 Å². The highest BCUT2D eigenvalue weighted by molar-refractivity contribution is 5.94. The van der Waals surface area contributed by atoms with Crippen molar-refractivity contribution in [2.75, 3.05) is 26.7 Å². The number of carbonyl (C=O) groups excluding carboxylic acids is 1. The summed E-state index contributed by atoms with van der Waals surface area (Å²) in [5.74, 6) is 0.771. The largest absolute Gasteiger partial charge is 0.352 e. The maximum Gasteiger partial charge on any atom is 0.251 e. The molecule has 3 N–H and O–H groups in total. The van der Waals surface area contributed by atoms with Gasteiger partial charge in [-0.25, -0.2) is 0 Å². The van der Waals surface area contributed by atoms with Crippen LogP contribution in [0.4, 0.5) is 0 Å². The summed E-state index contributed by atoms with van der Waals surface area (Å²) < 4.78 is 0. The third kappa shape index (κ3) is 4.32. The lowest BCUT2D eigenvalue weighted by Gasteiger charge is -2.28. The molecular formula is C16H25N3O. The van der Waals surface area contributed by atoms with Gasteiger partial charge in [0, 0.05) is 18.7 Å². The molecule has 1 aliphatic rings. The smallest absolute Gasteiger partial charge is 0.251 e. The predicted molar refractivity (Wildman–Crippen MR) is 81.5 cm³/mol. The standard InChI is InChI=1S/C16H25N3O/c1-19-10-7-13(8-11-19)6-9-18-16(20)15-4-2-14(12-17)3-5-15/h2-5,13H,6-12,17H2,1H3,(H,18,20). The summed E-state index contributed by atoms with van der Waals surface area (Å²) in [5, 5.41) is 3.01. The number of hydrogen-bond acceptors (Lipinski definition) is 3. The van der Waals surface area contributed by atoms with Crippen molar-refractivity contribution >= 4 is 5.91 Å². The average molecular weight is 275 g/mol. The van der Waals surface area contributed by atoms with Crippen molar-refractivity contribution in [3.63, 3.8) is 0 Å². The van der Waals surface area contributed by atoms with Gasteiger partial charge in [0.25, 0.3) is 5.91 Å². The van der Waals surface area contributed by atoms with Crippen LogP contribution in [0.5, 0.6) is 0 Å². The molecule has 1 aromatic carbocycles. The summed E-state index contributed by atoms with van der Waals surface area (Å²) in [6, 6.07) is 7.50. The number of benzene rings is 1. The van der Waals surface area contributed by atoms with Gasteiger partial charge in [-0.2, -0.15) is 0 Å². The minimum Gasteiger partial charge on any atom is -0.352 e. The Morgan fingerprint density at radius 2 is 1.95 bits per heavy atom. The van der Waals surface area contributed by atoms with Crippen LogP contribution in [0.1, 0.15) is 35.2 Å². The van der Waals surface area contributed by atoms with Crippen LogP contribution in [0.2, 0.25) is 0 Å². The summed E-state index contributed by atoms with van der Waals surface area (Å²) in [7, 11) is 2.17. The van der Waals surface area contributed by atoms with E-state index in [2.05, 4.69) is 17.3 Å². The average Bonchev–Trinajstić information content (AvgIpc) is 2.49. The molecule has 0 aromatic heterocycles. The van der Waals surface area contributed by atoms with E-state index in [1.54, 1.807) is 0 Å². The Morgan fingerprint density at radius 3 is 2.55 bits per heavy atom. The van der Waals surface area contributed by atoms with Gasteiger partial charge in [-0.05, 0) is 63.0 Å². The summed E-state index contributed by atoms with van der Waals surface area (Å²) in [6.45, 7) is 3.64. The molecule has 4 heteroatoms. The number of nitrogens with one attached hydrogen (secondary N) is 1. The van der Waals surface area contributed by atoms with Gasteiger partial charge >= 0.3 is 0 Å². The molecule has 2 rings (SSSR count). The van der Waals surface area contributed by atoms with E-state index >= 15 is 0 Å². The molecule has 1 aliphatic heterocycles. The van der Waals surface area contributed by atoms with Gasteiger partial charge in [0.1, 0.15) is 0 Å². The van der Waals surface area contributed by atoms with E-state index in [-0.39, 0.29) is 5.91 Å². The lowest BCUT2D eigenvalue weighted by Crippen LogP contribution is -2.32. The van der Waals surface area contributed by atoms with Gasteiger partial charge in [-0.15, -0.1) is 0 Å². The van der Waals surface area contributed by atoms with Crippen LogP contribution in [0.15, 0.2) is 24.3 Å². The van der Waals surface area contributed by atoms with E-state index in [1.807, 2.05) is 24.3 Å². The first kappa shape index (κ1) is 15.0. The van der Waals surface area contributed by atoms with Crippen molar-refractivity contribution in [1.29, 1.82) is 0 Å². The van der Waals surface area contributed by atoms with Crippen LogP contribution in [-0.4, -0.2) is 37.5 Å². The fraction of sp³-hybridized carbons (Fsp3) is 0.562. The minimum absolute atomic E-state index is 0.0153. The molecule has 110 valence electrons. The molecule has 0 atom stereocenters. The minimum atomic E-state index is 0.0153. The first-order valence-electron chi connectivity index (χ1n) is 7.45. The molecule has 0 radical (unpaired) electrons. The maximum absolute atomic E-state index is 12.0. The Balaban J connectivity index is 1.71. The van der Waals surface area contributed by atoms with Crippen LogP contribution in [0, 0.1) is 5.92 Å². The van der Waals surface area contributed by atoms with Gasteiger partial charge in [0.2, 0.25) is 0 Å². The van der Waals surface area contributed by atoms with Crippen molar-refractivity contribution in [2.45, 2.75) is 25.8 Å². The lowest BCUT2D eigenvalue weighted by molar-refractivity contribution is 0.0949. The molecule has 0 spiro atoms. The predicted octanol–water partition coefficient (Wildman–Crippen LogP) is 1.61. The van der Waals surface area contributed by atoms with Gasteiger partial charge in [0.15, 0.2) is 0 Å². The van der Waals surface area contributed by atoms with Crippen molar-refractivity contribution in [2.24, 2.45) is 11.7 Å². The van der Waals surface area contributed by atoms with Gasteiger partial charge < -0.3 is 16.0 Å². The van der Waals surface area contributed by atoms with E-state index in [0.29, 0.717) is 12.1 Å². The normalized spacial score (nSPS) is 17.1. The first-order chi connectivity index (χ1) is 9.69. The summed E-state index contributed by atoms with van der Waals surface area (Å²) in [4.78, 5) is 14.4. The zero-order valence-electron chi connectivity index (χ0n) is 12.3. The van der Waals surface area contributed by atoms with Gasteiger partial charge in [-0.3, -0.25) is 4.79 Å². The van der Waals surface area contributed by atoms with Gasteiger partial charge in [0.05, 0.1) is 0 Å². The van der Waals surface area contributed by atoms with Gasteiger partial charge in [-0.1, -0.05) is 12.1 Å². The number of hydrogen-bond donors (Lipinski definition) is 2. The number of carbonyl (C=O) groups is 1. The third-order valence-electron chi connectivity index (χ3n) is 4.13. The van der Waals surface area contributed by atoms with Crippen molar-refractivity contribution in [3.8, 4) is 0 Å². The Labute approximate surface area is 121 Å². The monoisotopic (exact) mass is 275 g/mol. The molecule has 20 heavy (non-hydrogen) atoms. The van der Waals surface area contributed by atoms with Crippen LogP contribution >= 0.6 is 0 Å². The number of nitrogens with two attached hydrogens (primary N) is 1. The first-order valence-corrected chi connectivity index (χ1v) is 7.45. The van der Waals surface area contributed by atoms with Crippen molar-refractivity contribution in [3.05, 3.63) is 35.4 Å². The molecule has 0 unspecified atom stereocenters. The lowest BCUT2D eigenvalue weighted by atomic mass is 9.94. The Kier molecular flexibility index (Phi) is 5.56. The molecule has 1 aromatic rings. The molecule has 1 saturated heterocycles. The zero-order valence-corrected chi connectivity index (χ0v) is 12.3. The Hall–Kier alpha value is -1.39. The summed E-state index contributed by atoms with van der Waals surface area (Å²) in [5.41, 5.74) is 7.31. The number of amides is 1. The van der Waals surface area contributed by atoms with Crippen molar-refractivity contribution < 1.29 is 4.79 Å². The third-order valence-corrected chi connectivity index (χ3v) is 4.13. The molecule has 0 bridgehead atoms. The Bertz CT molecular complexity index is 422. The highest BCUT2D eigenvalue weighted by Gasteiger charge is 2.16. The highest BCUT2D eigenvalue weighted by atomic mass is 16.1. The number of likely N-dealkylation sites (tertiary alicyclic amines) is 1. The molecule has 0 aliphatic carbocycles. The number of rotatable bonds is 5. The summed E-state index contributed by atoms with van der Waals surface area (Å²) >= 11 is 0. The van der Waals surface area contributed by atoms with E-state index in [9.17, 15) is 4.79 Å². The number of piperidine rings is 1. The number of nitrogens with zero attached hydrogens (tertiary/aromatic N) is 1. The molecule has 1 heterocycles. The quantitative estimate of drug-likeness (QED) is 0.858. The molecule has 0 saturated carbocycles. The topological polar surface area (TPSA) is 58.4 Å². The fourth-order valence-electron chi connectivity index (χ4n) is 2.63. The molecule has 1 fully saturated rings.